The van der Waals surface area contributed by atoms with E-state index in [9.17, 15) is 4.79 Å². The van der Waals surface area contributed by atoms with Gasteiger partial charge in [0.05, 0.1) is 0 Å². The van der Waals surface area contributed by atoms with Crippen LogP contribution >= 0.6 is 0 Å². The van der Waals surface area contributed by atoms with Gasteiger partial charge in [-0.15, -0.1) is 0 Å². The summed E-state index contributed by atoms with van der Waals surface area (Å²) in [7, 11) is 0. The number of carbonyl (C=O) groups excluding carboxylic acids is 1. The van der Waals surface area contributed by atoms with E-state index in [4.69, 9.17) is 4.74 Å². The van der Waals surface area contributed by atoms with Crippen molar-refractivity contribution >= 4 is 5.91 Å². The van der Waals surface area contributed by atoms with Crippen LogP contribution in [-0.2, 0) is 28.8 Å². The molecule has 0 bridgehead atoms. The fourth-order valence-electron chi connectivity index (χ4n) is 3.15. The van der Waals surface area contributed by atoms with Crippen molar-refractivity contribution in [1.29, 1.82) is 0 Å². The molecule has 0 unspecified atom stereocenters. The lowest BCUT2D eigenvalue weighted by Crippen LogP contribution is -2.35. The van der Waals surface area contributed by atoms with Crippen molar-refractivity contribution in [3.8, 4) is 0 Å². The number of nitrogens with one attached hydrogen (secondary N) is 1. The molecule has 0 saturated carbocycles. The lowest BCUT2D eigenvalue weighted by atomic mass is 9.95. The Morgan fingerprint density at radius 1 is 1.29 bits per heavy atom. The van der Waals surface area contributed by atoms with Gasteiger partial charge < -0.3 is 10.1 Å². The van der Waals surface area contributed by atoms with Crippen molar-refractivity contribution in [2.75, 3.05) is 13.2 Å². The second-order valence-electron chi connectivity index (χ2n) is 5.90. The van der Waals surface area contributed by atoms with Crippen molar-refractivity contribution in [2.45, 2.75) is 58.0 Å². The molecule has 1 fully saturated rings. The number of amides is 1. The molecule has 1 amide bonds. The fourth-order valence-corrected chi connectivity index (χ4v) is 3.15. The van der Waals surface area contributed by atoms with Crippen LogP contribution in [0.2, 0.25) is 0 Å². The third kappa shape index (κ3) is 3.40. The molecular weight excluding hydrogens is 266 g/mol. The number of ether oxygens (including phenoxy) is 1. The van der Waals surface area contributed by atoms with Crippen LogP contribution in [0.4, 0.5) is 0 Å². The van der Waals surface area contributed by atoms with Crippen molar-refractivity contribution in [3.05, 3.63) is 22.8 Å². The molecule has 114 valence electrons. The minimum atomic E-state index is -0.254. The minimum Gasteiger partial charge on any atom is -0.368 e. The Hall–Kier alpha value is -1.49. The van der Waals surface area contributed by atoms with Gasteiger partial charge in [0.25, 0.3) is 0 Å². The summed E-state index contributed by atoms with van der Waals surface area (Å²) in [6.45, 7) is 3.35. The van der Waals surface area contributed by atoms with Crippen molar-refractivity contribution < 1.29 is 9.53 Å². The van der Waals surface area contributed by atoms with Gasteiger partial charge in [-0.3, -0.25) is 4.79 Å². The molecule has 0 spiro atoms. The summed E-state index contributed by atoms with van der Waals surface area (Å²) < 4.78 is 5.37. The van der Waals surface area contributed by atoms with Crippen molar-refractivity contribution in [3.63, 3.8) is 0 Å². The molecule has 2 heterocycles. The van der Waals surface area contributed by atoms with Gasteiger partial charge in [0.15, 0.2) is 0 Å². The average Bonchev–Trinajstić information content (AvgIpc) is 3.01. The predicted octanol–water partition coefficient (Wildman–Crippen LogP) is 1.50. The maximum absolute atomic E-state index is 11.9. The highest BCUT2D eigenvalue weighted by Gasteiger charge is 2.23. The Kier molecular flexibility index (Phi) is 4.48. The van der Waals surface area contributed by atoms with Crippen LogP contribution in [0.25, 0.3) is 0 Å². The molecule has 5 nitrogen and oxygen atoms in total. The van der Waals surface area contributed by atoms with Gasteiger partial charge in [-0.2, -0.15) is 0 Å². The molecular formula is C16H23N3O2. The van der Waals surface area contributed by atoms with Gasteiger partial charge in [0.2, 0.25) is 5.91 Å². The van der Waals surface area contributed by atoms with Crippen LogP contribution in [0.15, 0.2) is 0 Å². The van der Waals surface area contributed by atoms with Crippen LogP contribution in [0, 0.1) is 6.92 Å². The fraction of sp³-hybridized carbons (Fsp3) is 0.688. The number of nitrogens with zero attached hydrogens (tertiary/aromatic N) is 2. The number of hydrogen-bond acceptors (Lipinski definition) is 4. The second-order valence-corrected chi connectivity index (χ2v) is 5.90. The first-order valence-corrected chi connectivity index (χ1v) is 7.98. The average molecular weight is 289 g/mol. The van der Waals surface area contributed by atoms with E-state index in [0.29, 0.717) is 19.6 Å². The first-order chi connectivity index (χ1) is 10.2. The zero-order chi connectivity index (χ0) is 14.7. The third-order valence-electron chi connectivity index (χ3n) is 4.31. The van der Waals surface area contributed by atoms with Gasteiger partial charge in [-0.05, 0) is 51.0 Å². The Balaban J connectivity index is 1.55. The van der Waals surface area contributed by atoms with Gasteiger partial charge in [-0.25, -0.2) is 9.97 Å². The molecule has 1 saturated heterocycles. The van der Waals surface area contributed by atoms with Crippen LogP contribution in [-0.4, -0.2) is 35.1 Å². The Morgan fingerprint density at radius 2 is 2.14 bits per heavy atom. The SMILES string of the molecule is Cc1nc(CCNC(=O)[C@H]2CCCO2)nc2c1CCCC2. The van der Waals surface area contributed by atoms with E-state index in [0.717, 1.165) is 37.2 Å². The zero-order valence-electron chi connectivity index (χ0n) is 12.7. The monoisotopic (exact) mass is 289 g/mol. The van der Waals surface area contributed by atoms with E-state index in [1.807, 2.05) is 0 Å². The largest absolute Gasteiger partial charge is 0.368 e. The number of aromatic nitrogens is 2. The molecule has 5 heteroatoms. The third-order valence-corrected chi connectivity index (χ3v) is 4.31. The highest BCUT2D eigenvalue weighted by molar-refractivity contribution is 5.80. The van der Waals surface area contributed by atoms with Crippen LogP contribution in [0.5, 0.6) is 0 Å². The Morgan fingerprint density at radius 3 is 2.95 bits per heavy atom. The normalized spacial score (nSPS) is 21.1. The summed E-state index contributed by atoms with van der Waals surface area (Å²) in [5.41, 5.74) is 3.67. The maximum Gasteiger partial charge on any atom is 0.249 e. The van der Waals surface area contributed by atoms with E-state index in [-0.39, 0.29) is 12.0 Å². The van der Waals surface area contributed by atoms with Crippen LogP contribution in [0.1, 0.15) is 48.5 Å². The predicted molar refractivity (Wildman–Crippen MR) is 79.1 cm³/mol. The molecule has 1 N–H and O–H groups in total. The van der Waals surface area contributed by atoms with E-state index in [1.54, 1.807) is 0 Å². The summed E-state index contributed by atoms with van der Waals surface area (Å²) in [5.74, 6) is 0.850. The quantitative estimate of drug-likeness (QED) is 0.912. The first kappa shape index (κ1) is 14.4. The lowest BCUT2D eigenvalue weighted by Gasteiger charge is -2.17. The van der Waals surface area contributed by atoms with Crippen molar-refractivity contribution in [1.82, 2.24) is 15.3 Å². The summed E-state index contributed by atoms with van der Waals surface area (Å²) in [6.07, 6.45) is 6.88. The molecule has 0 aromatic carbocycles. The highest BCUT2D eigenvalue weighted by atomic mass is 16.5. The molecule has 0 radical (unpaired) electrons. The highest BCUT2D eigenvalue weighted by Crippen LogP contribution is 2.21. The molecule has 1 aromatic heterocycles. The topological polar surface area (TPSA) is 64.1 Å². The maximum atomic E-state index is 11.9. The number of fused-ring (bicyclic) bond motifs is 1. The second kappa shape index (κ2) is 6.52. The van der Waals surface area contributed by atoms with E-state index in [1.165, 1.54) is 24.1 Å². The van der Waals surface area contributed by atoms with E-state index >= 15 is 0 Å². The lowest BCUT2D eigenvalue weighted by molar-refractivity contribution is -0.129. The molecule has 3 rings (SSSR count). The standard InChI is InChI=1S/C16H23N3O2/c1-11-12-5-2-3-6-13(12)19-15(18-11)8-9-17-16(20)14-7-4-10-21-14/h14H,2-10H2,1H3,(H,17,20)/t14-/m1/s1. The molecule has 1 aromatic rings. The van der Waals surface area contributed by atoms with Gasteiger partial charge in [0, 0.05) is 31.0 Å². The van der Waals surface area contributed by atoms with E-state index < -0.39 is 0 Å². The summed E-state index contributed by atoms with van der Waals surface area (Å²) >= 11 is 0. The number of carbonyl (C=O) groups is 1. The molecule has 1 aliphatic carbocycles. The smallest absolute Gasteiger partial charge is 0.249 e. The number of rotatable bonds is 4. The Bertz CT molecular complexity index is 524. The zero-order valence-corrected chi connectivity index (χ0v) is 12.7. The van der Waals surface area contributed by atoms with Crippen LogP contribution in [0.3, 0.4) is 0 Å². The van der Waals surface area contributed by atoms with Crippen LogP contribution < -0.4 is 5.32 Å². The molecule has 1 atom stereocenters. The van der Waals surface area contributed by atoms with E-state index in [2.05, 4.69) is 22.2 Å². The summed E-state index contributed by atoms with van der Waals surface area (Å²) in [4.78, 5) is 21.1. The van der Waals surface area contributed by atoms with Gasteiger partial charge >= 0.3 is 0 Å². The minimum absolute atomic E-state index is 0.00202. The summed E-state index contributed by atoms with van der Waals surface area (Å²) in [5, 5.41) is 2.93. The number of aryl methyl sites for hydroxylation is 2. The summed E-state index contributed by atoms with van der Waals surface area (Å²) in [6, 6.07) is 0. The Labute approximate surface area is 125 Å². The number of hydrogen-bond donors (Lipinski definition) is 1. The molecule has 1 aliphatic heterocycles. The molecule has 21 heavy (non-hydrogen) atoms. The molecule has 2 aliphatic rings. The first-order valence-electron chi connectivity index (χ1n) is 7.98. The van der Waals surface area contributed by atoms with Crippen molar-refractivity contribution in [2.24, 2.45) is 0 Å². The van der Waals surface area contributed by atoms with Gasteiger partial charge in [-0.1, -0.05) is 0 Å². The van der Waals surface area contributed by atoms with Gasteiger partial charge in [0.1, 0.15) is 11.9 Å².